The molecule has 0 radical (unpaired) electrons. The van der Waals surface area contributed by atoms with Gasteiger partial charge in [0.2, 0.25) is 23.6 Å². The van der Waals surface area contributed by atoms with E-state index in [1.807, 2.05) is 54.6 Å². The van der Waals surface area contributed by atoms with Crippen LogP contribution in [0.25, 0.3) is 10.9 Å². The molecule has 45 heavy (non-hydrogen) atoms. The molecule has 0 unspecified atom stereocenters. The van der Waals surface area contributed by atoms with Crippen molar-refractivity contribution in [2.45, 2.75) is 69.8 Å². The molecule has 5 rings (SSSR count). The summed E-state index contributed by atoms with van der Waals surface area (Å²) in [6, 6.07) is 12.9. The number of aromatic amines is 1. The molecule has 2 aromatic carbocycles. The molecule has 12 nitrogen and oxygen atoms in total. The third-order valence-corrected chi connectivity index (χ3v) is 8.39. The number of rotatable bonds is 5. The number of ether oxygens (including phenoxy) is 1. The smallest absolute Gasteiger partial charge is 0.252 e. The summed E-state index contributed by atoms with van der Waals surface area (Å²) in [7, 11) is 0. The van der Waals surface area contributed by atoms with Gasteiger partial charge in [0.1, 0.15) is 30.3 Å². The predicted molar refractivity (Wildman–Crippen MR) is 167 cm³/mol. The maximum absolute atomic E-state index is 13.7. The molecule has 0 saturated carbocycles. The van der Waals surface area contributed by atoms with E-state index in [9.17, 15) is 24.0 Å². The largest absolute Gasteiger partial charge is 0.368 e. The standard InChI is InChI=1S/C33H40N6O6/c1-20-29(40)37-26(17-22-9-4-3-5-10-22)31(42)34-14-15-39(33(44)28-13-8-16-45-28)21(2)30(41)38-27(32(43)36-20)18-23-19-35-25-12-7-6-11-24(23)25/h3-7,9-12,19-21,26-28,35H,8,13-18H2,1-2H3,(H,34,42)(H,36,43)(H,37,40)(H,38,41)/t20-,21+,26-,27+,28-/m0/s1. The average Bonchev–Trinajstić information content (AvgIpc) is 3.73. The Morgan fingerprint density at radius 1 is 0.844 bits per heavy atom. The predicted octanol–water partition coefficient (Wildman–Crippen LogP) is 0.953. The molecule has 5 N–H and O–H groups in total. The van der Waals surface area contributed by atoms with E-state index in [0.29, 0.717) is 13.0 Å². The molecule has 3 heterocycles. The minimum absolute atomic E-state index is 0.0285. The van der Waals surface area contributed by atoms with Gasteiger partial charge in [-0.05, 0) is 43.9 Å². The van der Waals surface area contributed by atoms with Gasteiger partial charge in [-0.1, -0.05) is 48.5 Å². The Labute approximate surface area is 261 Å². The third-order valence-electron chi connectivity index (χ3n) is 8.39. The highest BCUT2D eigenvalue weighted by molar-refractivity contribution is 5.96. The summed E-state index contributed by atoms with van der Waals surface area (Å²) in [4.78, 5) is 72.1. The fourth-order valence-electron chi connectivity index (χ4n) is 5.77. The molecule has 5 atom stereocenters. The zero-order chi connectivity index (χ0) is 31.9. The van der Waals surface area contributed by atoms with Gasteiger partial charge in [0.05, 0.1) is 0 Å². The fraction of sp³-hybridized carbons (Fsp3) is 0.424. The Kier molecular flexibility index (Phi) is 10.1. The van der Waals surface area contributed by atoms with E-state index < -0.39 is 53.9 Å². The number of H-pyrrole nitrogens is 1. The number of nitrogens with zero attached hydrogens (tertiary/aromatic N) is 1. The maximum atomic E-state index is 13.7. The second-order valence-corrected chi connectivity index (χ2v) is 11.6. The van der Waals surface area contributed by atoms with Gasteiger partial charge in [-0.3, -0.25) is 24.0 Å². The zero-order valence-corrected chi connectivity index (χ0v) is 25.5. The summed E-state index contributed by atoms with van der Waals surface area (Å²) in [5.74, 6) is -2.45. The molecule has 2 fully saturated rings. The van der Waals surface area contributed by atoms with E-state index in [4.69, 9.17) is 4.74 Å². The van der Waals surface area contributed by atoms with Crippen molar-refractivity contribution >= 4 is 40.4 Å². The van der Waals surface area contributed by atoms with Gasteiger partial charge >= 0.3 is 0 Å². The number of carbonyl (C=O) groups excluding carboxylic acids is 5. The van der Waals surface area contributed by atoms with Gasteiger partial charge in [0.15, 0.2) is 0 Å². The molecule has 0 bridgehead atoms. The number of hydrogen-bond acceptors (Lipinski definition) is 6. The average molecular weight is 617 g/mol. The van der Waals surface area contributed by atoms with Crippen LogP contribution in [0.15, 0.2) is 60.8 Å². The van der Waals surface area contributed by atoms with Crippen molar-refractivity contribution in [3.63, 3.8) is 0 Å². The highest BCUT2D eigenvalue weighted by atomic mass is 16.5. The van der Waals surface area contributed by atoms with Crippen molar-refractivity contribution in [1.82, 2.24) is 31.2 Å². The van der Waals surface area contributed by atoms with Crippen LogP contribution in [0.1, 0.15) is 37.8 Å². The molecule has 1 aromatic heterocycles. The SMILES string of the molecule is C[C@@H]1NC(=O)[C@@H](Cc2c[nH]c3ccccc23)NC(=O)[C@@H](C)N(C(=O)[C@@H]2CCCO2)CCNC(=O)[C@H](Cc2ccccc2)NC1=O. The van der Waals surface area contributed by atoms with E-state index >= 15 is 0 Å². The first-order valence-electron chi connectivity index (χ1n) is 15.4. The van der Waals surface area contributed by atoms with Crippen LogP contribution < -0.4 is 21.3 Å². The summed E-state index contributed by atoms with van der Waals surface area (Å²) in [5.41, 5.74) is 2.52. The molecule has 238 valence electrons. The third kappa shape index (κ3) is 7.69. The van der Waals surface area contributed by atoms with Crippen molar-refractivity contribution in [1.29, 1.82) is 0 Å². The van der Waals surface area contributed by atoms with Crippen molar-refractivity contribution in [2.75, 3.05) is 19.7 Å². The number of amides is 5. The van der Waals surface area contributed by atoms with Crippen LogP contribution in [0.2, 0.25) is 0 Å². The van der Waals surface area contributed by atoms with E-state index in [-0.39, 0.29) is 31.8 Å². The lowest BCUT2D eigenvalue weighted by Crippen LogP contribution is -2.58. The molecule has 0 spiro atoms. The number of benzene rings is 2. The van der Waals surface area contributed by atoms with E-state index in [1.54, 1.807) is 13.1 Å². The van der Waals surface area contributed by atoms with Crippen LogP contribution in [0.5, 0.6) is 0 Å². The van der Waals surface area contributed by atoms with Crippen LogP contribution in [-0.4, -0.2) is 89.4 Å². The first-order valence-corrected chi connectivity index (χ1v) is 15.4. The quantitative estimate of drug-likeness (QED) is 0.287. The Morgan fingerprint density at radius 3 is 2.31 bits per heavy atom. The molecule has 12 heteroatoms. The molecule has 2 saturated heterocycles. The Hall–Kier alpha value is -4.71. The summed E-state index contributed by atoms with van der Waals surface area (Å²) in [5, 5.41) is 12.0. The molecule has 2 aliphatic rings. The van der Waals surface area contributed by atoms with Gasteiger partial charge in [0.25, 0.3) is 5.91 Å². The van der Waals surface area contributed by atoms with E-state index in [1.165, 1.54) is 11.8 Å². The van der Waals surface area contributed by atoms with Crippen LogP contribution in [0.3, 0.4) is 0 Å². The van der Waals surface area contributed by atoms with Crippen molar-refractivity contribution in [3.8, 4) is 0 Å². The fourth-order valence-corrected chi connectivity index (χ4v) is 5.77. The Bertz CT molecular complexity index is 1530. The summed E-state index contributed by atoms with van der Waals surface area (Å²) in [6.45, 7) is 3.64. The monoisotopic (exact) mass is 616 g/mol. The highest BCUT2D eigenvalue weighted by Gasteiger charge is 2.36. The lowest BCUT2D eigenvalue weighted by atomic mass is 10.0. The van der Waals surface area contributed by atoms with E-state index in [2.05, 4.69) is 26.3 Å². The van der Waals surface area contributed by atoms with Crippen LogP contribution in [0, 0.1) is 0 Å². The van der Waals surface area contributed by atoms with Gasteiger partial charge in [-0.15, -0.1) is 0 Å². The number of fused-ring (bicyclic) bond motifs is 1. The number of para-hydroxylation sites is 1. The normalized spacial score (nSPS) is 25.5. The summed E-state index contributed by atoms with van der Waals surface area (Å²) >= 11 is 0. The second-order valence-electron chi connectivity index (χ2n) is 11.6. The molecule has 0 aliphatic carbocycles. The minimum atomic E-state index is -1.06. The maximum Gasteiger partial charge on any atom is 0.252 e. The van der Waals surface area contributed by atoms with Crippen molar-refractivity contribution < 1.29 is 28.7 Å². The van der Waals surface area contributed by atoms with E-state index in [0.717, 1.165) is 28.5 Å². The molecular formula is C33H40N6O6. The zero-order valence-electron chi connectivity index (χ0n) is 25.5. The first kappa shape index (κ1) is 31.7. The molecule has 3 aromatic rings. The van der Waals surface area contributed by atoms with Gasteiger partial charge in [-0.25, -0.2) is 0 Å². The number of nitrogens with one attached hydrogen (secondary N) is 5. The molecule has 5 amide bonds. The summed E-state index contributed by atoms with van der Waals surface area (Å²) < 4.78 is 5.63. The Morgan fingerprint density at radius 2 is 1.56 bits per heavy atom. The highest BCUT2D eigenvalue weighted by Crippen LogP contribution is 2.20. The van der Waals surface area contributed by atoms with Gasteiger partial charge in [-0.2, -0.15) is 0 Å². The topological polar surface area (TPSA) is 162 Å². The number of carbonyl (C=O) groups is 5. The molecule has 2 aliphatic heterocycles. The second kappa shape index (κ2) is 14.4. The van der Waals surface area contributed by atoms with Gasteiger partial charge in [0, 0.05) is 49.6 Å². The Balaban J connectivity index is 1.44. The molecular weight excluding hydrogens is 576 g/mol. The van der Waals surface area contributed by atoms with Crippen LogP contribution >= 0.6 is 0 Å². The first-order chi connectivity index (χ1) is 21.7. The number of aromatic nitrogens is 1. The lowest BCUT2D eigenvalue weighted by Gasteiger charge is -2.31. The summed E-state index contributed by atoms with van der Waals surface area (Å²) in [6.07, 6.45) is 2.72. The van der Waals surface area contributed by atoms with Gasteiger partial charge < -0.3 is 35.9 Å². The van der Waals surface area contributed by atoms with Crippen LogP contribution in [0.4, 0.5) is 0 Å². The van der Waals surface area contributed by atoms with Crippen LogP contribution in [-0.2, 0) is 41.6 Å². The number of hydrogen-bond donors (Lipinski definition) is 5. The lowest BCUT2D eigenvalue weighted by molar-refractivity contribution is -0.147. The van der Waals surface area contributed by atoms with Crippen molar-refractivity contribution in [2.24, 2.45) is 0 Å². The van der Waals surface area contributed by atoms with Crippen molar-refractivity contribution in [3.05, 3.63) is 71.9 Å². The minimum Gasteiger partial charge on any atom is -0.368 e.